The minimum Gasteiger partial charge on any atom is -0.480 e. The summed E-state index contributed by atoms with van der Waals surface area (Å²) in [6, 6.07) is 3.04. The zero-order valence-corrected chi connectivity index (χ0v) is 10.2. The van der Waals surface area contributed by atoms with Crippen molar-refractivity contribution in [2.24, 2.45) is 5.73 Å². The molecule has 1 aromatic rings. The highest BCUT2D eigenvalue weighted by atomic mass is 32.2. The minimum absolute atomic E-state index is 0.569. The fourth-order valence-corrected chi connectivity index (χ4v) is 1.96. The van der Waals surface area contributed by atoms with E-state index >= 15 is 0 Å². The number of nitrogens with one attached hydrogen (secondary N) is 1. The largest absolute Gasteiger partial charge is 0.480 e. The fraction of sp³-hybridized carbons (Fsp3) is 0.455. The van der Waals surface area contributed by atoms with Crippen molar-refractivity contribution in [2.45, 2.75) is 30.2 Å². The number of unbranched alkanes of at least 4 members (excludes halogenated alkanes) is 1. The quantitative estimate of drug-likeness (QED) is 0.475. The second-order valence-corrected chi connectivity index (χ2v) is 4.39. The molecule has 0 aliphatic heterocycles. The number of aliphatic carboxylic acids is 1. The van der Waals surface area contributed by atoms with Gasteiger partial charge in [0.25, 0.3) is 0 Å². The summed E-state index contributed by atoms with van der Waals surface area (Å²) in [5, 5.41) is 9.02. The first-order valence-corrected chi connectivity index (χ1v) is 6.23. The summed E-state index contributed by atoms with van der Waals surface area (Å²) in [6.45, 7) is 0.593. The highest BCUT2D eigenvalue weighted by Gasteiger charge is 2.16. The molecule has 0 spiro atoms. The van der Waals surface area contributed by atoms with Gasteiger partial charge in [-0.2, -0.15) is 0 Å². The monoisotopic (exact) mass is 254 g/mol. The minimum atomic E-state index is -0.849. The molecule has 0 aliphatic rings. The van der Waals surface area contributed by atoms with Gasteiger partial charge in [0.05, 0.1) is 4.90 Å². The van der Waals surface area contributed by atoms with E-state index in [0.29, 0.717) is 13.0 Å². The van der Waals surface area contributed by atoms with Crippen molar-refractivity contribution in [1.82, 2.24) is 9.71 Å². The van der Waals surface area contributed by atoms with Crippen LogP contribution in [0.2, 0.25) is 0 Å². The van der Waals surface area contributed by atoms with Crippen LogP contribution in [-0.2, 0) is 4.79 Å². The van der Waals surface area contributed by atoms with Crippen LogP contribution in [0.5, 0.6) is 0 Å². The van der Waals surface area contributed by atoms with Crippen molar-refractivity contribution < 1.29 is 9.90 Å². The normalized spacial score (nSPS) is 12.3. The summed E-state index contributed by atoms with van der Waals surface area (Å²) in [6.07, 6.45) is 6.61. The molecule has 0 saturated carbocycles. The average Bonchev–Trinajstić information content (AvgIpc) is 2.34. The number of nitrogens with two attached hydrogens (primary N) is 1. The molecule has 4 N–H and O–H groups in total. The molecule has 6 heteroatoms. The number of aromatic nitrogens is 1. The first kappa shape index (κ1) is 14.0. The zero-order valence-electron chi connectivity index (χ0n) is 9.43. The Kier molecular flexibility index (Phi) is 6.61. The maximum Gasteiger partial charge on any atom is 0.321 e. The Morgan fingerprint density at radius 1 is 1.65 bits per heavy atom. The Hall–Kier alpha value is -1.11. The van der Waals surface area contributed by atoms with Crippen LogP contribution in [-0.4, -0.2) is 28.6 Å². The lowest BCUT2D eigenvalue weighted by atomic mass is 10.1. The lowest BCUT2D eigenvalue weighted by Gasteiger charge is -2.12. The average molecular weight is 254 g/mol. The molecule has 0 bridgehead atoms. The highest BCUT2D eigenvalue weighted by Crippen LogP contribution is 2.14. The summed E-state index contributed by atoms with van der Waals surface area (Å²) in [4.78, 5) is 15.6. The fourth-order valence-electron chi connectivity index (χ4n) is 1.23. The molecule has 5 nitrogen and oxygen atoms in total. The van der Waals surface area contributed by atoms with Crippen LogP contribution < -0.4 is 10.5 Å². The van der Waals surface area contributed by atoms with Gasteiger partial charge in [-0.3, -0.25) is 9.78 Å². The lowest BCUT2D eigenvalue weighted by Crippen LogP contribution is -2.32. The Morgan fingerprint density at radius 3 is 3.06 bits per heavy atom. The number of pyridine rings is 1. The van der Waals surface area contributed by atoms with Gasteiger partial charge >= 0.3 is 5.97 Å². The van der Waals surface area contributed by atoms with Crippen LogP contribution in [0.25, 0.3) is 0 Å². The summed E-state index contributed by atoms with van der Waals surface area (Å²) >= 11 is 1.23. The first-order valence-electron chi connectivity index (χ1n) is 5.42. The third-order valence-electron chi connectivity index (χ3n) is 2.14. The van der Waals surface area contributed by atoms with Crippen molar-refractivity contribution in [1.29, 1.82) is 0 Å². The molecule has 0 amide bonds. The van der Waals surface area contributed by atoms with Gasteiger partial charge in [0.15, 0.2) is 0 Å². The van der Waals surface area contributed by atoms with E-state index in [4.69, 9.17) is 10.8 Å². The molecule has 0 saturated heterocycles. The Balaban J connectivity index is 2.36. The van der Waals surface area contributed by atoms with Crippen LogP contribution in [0.4, 0.5) is 0 Å². The molecule has 17 heavy (non-hydrogen) atoms. The zero-order chi connectivity index (χ0) is 12.5. The van der Waals surface area contributed by atoms with Gasteiger partial charge < -0.3 is 10.8 Å². The van der Waals surface area contributed by atoms with Gasteiger partial charge in [-0.25, -0.2) is 4.72 Å². The van der Waals surface area contributed by atoms with Crippen LogP contribution >= 0.6 is 11.9 Å². The molecular formula is C11H16N3O2S. The van der Waals surface area contributed by atoms with Crippen LogP contribution in [0.1, 0.15) is 19.3 Å². The smallest absolute Gasteiger partial charge is 0.321 e. The molecule has 0 aliphatic carbocycles. The van der Waals surface area contributed by atoms with E-state index in [0.717, 1.165) is 17.7 Å². The third-order valence-corrected chi connectivity index (χ3v) is 2.99. The number of carboxylic acids is 1. The molecule has 0 fully saturated rings. The first-order chi connectivity index (χ1) is 8.24. The Labute approximate surface area is 105 Å². The molecule has 1 atom stereocenters. The van der Waals surface area contributed by atoms with Gasteiger partial charge in [0.1, 0.15) is 12.2 Å². The van der Waals surface area contributed by atoms with Crippen molar-refractivity contribution in [3.05, 3.63) is 24.5 Å². The molecule has 1 heterocycles. The van der Waals surface area contributed by atoms with Crippen molar-refractivity contribution in [3.8, 4) is 0 Å². The van der Waals surface area contributed by atoms with Gasteiger partial charge in [-0.05, 0) is 43.5 Å². The van der Waals surface area contributed by atoms with E-state index in [1.165, 1.54) is 11.9 Å². The van der Waals surface area contributed by atoms with Crippen molar-refractivity contribution in [2.75, 3.05) is 6.54 Å². The van der Waals surface area contributed by atoms with E-state index in [1.807, 2.05) is 6.07 Å². The maximum atomic E-state index is 11.0. The molecule has 93 valence electrons. The van der Waals surface area contributed by atoms with Gasteiger partial charge in [-0.15, -0.1) is 0 Å². The lowest BCUT2D eigenvalue weighted by molar-refractivity contribution is -0.139. The SMILES string of the molecule is NCCCC[C@H](NSc1[c]nccc1)C(=O)O. The van der Waals surface area contributed by atoms with E-state index < -0.39 is 12.0 Å². The van der Waals surface area contributed by atoms with Gasteiger partial charge in [0, 0.05) is 6.20 Å². The number of carbonyl (C=O) groups is 1. The number of rotatable bonds is 8. The van der Waals surface area contributed by atoms with E-state index in [2.05, 4.69) is 15.9 Å². The van der Waals surface area contributed by atoms with Crippen molar-refractivity contribution >= 4 is 17.9 Å². The standard InChI is InChI=1S/C11H16N3O2S/c12-6-2-1-5-10(11(15)16)14-17-9-4-3-7-13-8-9/h3-4,7,10,14H,1-2,5-6,12H2,(H,15,16)/t10-/m0/s1. The summed E-state index contributed by atoms with van der Waals surface area (Å²) in [5.74, 6) is -0.849. The third kappa shape index (κ3) is 5.67. The number of hydrogen-bond donors (Lipinski definition) is 3. The maximum absolute atomic E-state index is 11.0. The van der Waals surface area contributed by atoms with E-state index in [-0.39, 0.29) is 0 Å². The number of nitrogens with zero attached hydrogens (tertiary/aromatic N) is 1. The van der Waals surface area contributed by atoms with Crippen LogP contribution in [0, 0.1) is 6.20 Å². The molecule has 0 aromatic carbocycles. The van der Waals surface area contributed by atoms with Gasteiger partial charge in [-0.1, -0.05) is 6.42 Å². The summed E-state index contributed by atoms with van der Waals surface area (Å²) < 4.78 is 2.90. The highest BCUT2D eigenvalue weighted by molar-refractivity contribution is 7.97. The van der Waals surface area contributed by atoms with Crippen LogP contribution in [0.3, 0.4) is 0 Å². The molecule has 0 unspecified atom stereocenters. The van der Waals surface area contributed by atoms with E-state index in [9.17, 15) is 4.79 Å². The van der Waals surface area contributed by atoms with E-state index in [1.54, 1.807) is 12.3 Å². The second kappa shape index (κ2) is 8.05. The summed E-state index contributed by atoms with van der Waals surface area (Å²) in [5.41, 5.74) is 5.37. The predicted molar refractivity (Wildman–Crippen MR) is 66.4 cm³/mol. The van der Waals surface area contributed by atoms with Crippen LogP contribution in [0.15, 0.2) is 23.2 Å². The molecule has 1 rings (SSSR count). The summed E-state index contributed by atoms with van der Waals surface area (Å²) in [7, 11) is 0. The molecule has 1 aromatic heterocycles. The Morgan fingerprint density at radius 2 is 2.47 bits per heavy atom. The van der Waals surface area contributed by atoms with Gasteiger partial charge in [0.2, 0.25) is 0 Å². The molecule has 1 radical (unpaired) electrons. The Bertz CT molecular complexity index is 335. The second-order valence-electron chi connectivity index (χ2n) is 3.51. The number of hydrogen-bond acceptors (Lipinski definition) is 5. The topological polar surface area (TPSA) is 88.2 Å². The predicted octanol–water partition coefficient (Wildman–Crippen LogP) is 1.06. The number of carboxylic acid groups (broad SMARTS) is 1. The van der Waals surface area contributed by atoms with Crippen molar-refractivity contribution in [3.63, 3.8) is 0 Å². The molecular weight excluding hydrogens is 238 g/mol.